The summed E-state index contributed by atoms with van der Waals surface area (Å²) >= 11 is -0.438. The van der Waals surface area contributed by atoms with Gasteiger partial charge in [-0.05, 0) is 0 Å². The van der Waals surface area contributed by atoms with Crippen LogP contribution in [-0.4, -0.2) is 22.3 Å². The van der Waals surface area contributed by atoms with E-state index < -0.39 is 22.3 Å². The molecular weight excluding hydrogens is 169 g/mol. The summed E-state index contributed by atoms with van der Waals surface area (Å²) in [6.07, 6.45) is 0. The van der Waals surface area contributed by atoms with Crippen molar-refractivity contribution in [3.63, 3.8) is 0 Å². The quantitative estimate of drug-likeness (QED) is 0.515. The van der Waals surface area contributed by atoms with Crippen molar-refractivity contribution in [1.29, 1.82) is 0 Å². The summed E-state index contributed by atoms with van der Waals surface area (Å²) in [4.78, 5) is 0. The van der Waals surface area contributed by atoms with Crippen LogP contribution in [0.4, 0.5) is 0 Å². The van der Waals surface area contributed by atoms with Crippen LogP contribution in [0.2, 0.25) is 5.82 Å². The van der Waals surface area contributed by atoms with Gasteiger partial charge in [0.1, 0.15) is 0 Å². The molecule has 0 aliphatic rings. The Morgan fingerprint density at radius 1 is 1.67 bits per heavy atom. The number of nitrogens with two attached hydrogens (primary N) is 1. The maximum absolute atomic E-state index is 9.81. The van der Waals surface area contributed by atoms with E-state index in [1.807, 2.05) is 0 Å². The van der Waals surface area contributed by atoms with Gasteiger partial charge in [-0.2, -0.15) is 0 Å². The molecule has 0 heterocycles. The third kappa shape index (κ3) is 4.43. The zero-order valence-corrected chi connectivity index (χ0v) is 5.74. The van der Waals surface area contributed by atoms with Gasteiger partial charge < -0.3 is 0 Å². The monoisotopic (exact) mass is 175 g/mol. The topological polar surface area (TPSA) is 60.2 Å². The molecule has 0 aliphatic carbocycles. The van der Waals surface area contributed by atoms with Gasteiger partial charge >= 0.3 is 41.7 Å². The van der Waals surface area contributed by atoms with Crippen LogP contribution < -0.4 is 5.14 Å². The Hall–Kier alpha value is 0.429. The zero-order chi connectivity index (χ0) is 5.21. The molecule has 0 unspecified atom stereocenters. The Balaban J connectivity index is 3.85. The van der Waals surface area contributed by atoms with E-state index in [4.69, 9.17) is 0 Å². The third-order valence-corrected chi connectivity index (χ3v) is 3.62. The third-order valence-electron chi connectivity index (χ3n) is 0.232. The van der Waals surface area contributed by atoms with Crippen LogP contribution in [0.25, 0.3) is 0 Å². The molecule has 0 fully saturated rings. The van der Waals surface area contributed by atoms with Crippen LogP contribution in [0.5, 0.6) is 0 Å². The van der Waals surface area contributed by atoms with Gasteiger partial charge in [0.25, 0.3) is 0 Å². The van der Waals surface area contributed by atoms with E-state index in [9.17, 15) is 8.42 Å². The summed E-state index contributed by atoms with van der Waals surface area (Å²) in [5, 5.41) is 4.53. The van der Waals surface area contributed by atoms with Crippen molar-refractivity contribution < 1.29 is 8.42 Å². The first-order chi connectivity index (χ1) is 2.56. The minimum atomic E-state index is -3.10. The Bertz CT molecular complexity index is 116. The van der Waals surface area contributed by atoms with Crippen molar-refractivity contribution in [1.82, 2.24) is 0 Å². The molecule has 0 amide bonds. The summed E-state index contributed by atoms with van der Waals surface area (Å²) < 4.78 is 19.6. The van der Waals surface area contributed by atoms with E-state index >= 15 is 0 Å². The maximum atomic E-state index is 9.81. The number of hydrogen-bond acceptors (Lipinski definition) is 2. The molecule has 0 atom stereocenters. The Labute approximate surface area is 42.2 Å². The average molecular weight is 174 g/mol. The molecule has 0 spiro atoms. The van der Waals surface area contributed by atoms with E-state index in [1.54, 1.807) is 5.82 Å². The first-order valence-corrected chi connectivity index (χ1v) is 6.43. The van der Waals surface area contributed by atoms with Gasteiger partial charge in [-0.15, -0.1) is 0 Å². The van der Waals surface area contributed by atoms with Gasteiger partial charge in [0, 0.05) is 0 Å². The molecule has 6 heavy (non-hydrogen) atoms. The van der Waals surface area contributed by atoms with E-state index in [-0.39, 0.29) is 0 Å². The molecule has 0 saturated carbocycles. The molecular formula is CH5NO2SSe. The standard InChI is InChI=1S/CH5NO2SSe/c1-6-5(2,3)4/h1H3,(H2,2,3,4). The summed E-state index contributed by atoms with van der Waals surface area (Å²) in [6.45, 7) is 0. The van der Waals surface area contributed by atoms with Gasteiger partial charge in [-0.25, -0.2) is 0 Å². The van der Waals surface area contributed by atoms with Crippen molar-refractivity contribution in [2.45, 2.75) is 5.82 Å². The second-order valence-corrected chi connectivity index (χ2v) is 7.00. The Kier molecular flexibility index (Phi) is 2.07. The molecule has 0 aliphatic heterocycles. The molecule has 0 aromatic heterocycles. The van der Waals surface area contributed by atoms with Crippen LogP contribution in [0.1, 0.15) is 0 Å². The van der Waals surface area contributed by atoms with Crippen LogP contribution in [-0.2, 0) is 8.44 Å². The summed E-state index contributed by atoms with van der Waals surface area (Å²) in [6, 6.07) is 0. The Morgan fingerprint density at radius 2 is 1.83 bits per heavy atom. The average Bonchev–Trinajstić information content (AvgIpc) is 1.35. The molecule has 38 valence electrons. The molecule has 0 bridgehead atoms. The van der Waals surface area contributed by atoms with Crippen LogP contribution >= 0.6 is 0 Å². The normalized spacial score (nSPS) is 11.7. The van der Waals surface area contributed by atoms with Gasteiger partial charge in [0.05, 0.1) is 0 Å². The second-order valence-electron chi connectivity index (χ2n) is 0.659. The summed E-state index contributed by atoms with van der Waals surface area (Å²) in [5.41, 5.74) is 0. The zero-order valence-electron chi connectivity index (χ0n) is 3.21. The Morgan fingerprint density at radius 3 is 1.83 bits per heavy atom. The summed E-state index contributed by atoms with van der Waals surface area (Å²) in [7, 11) is -3.10. The molecule has 0 aromatic rings. The fourth-order valence-corrected chi connectivity index (χ4v) is 0. The van der Waals surface area contributed by atoms with Crippen LogP contribution in [0.3, 0.4) is 0 Å². The van der Waals surface area contributed by atoms with Crippen molar-refractivity contribution in [3.05, 3.63) is 0 Å². The van der Waals surface area contributed by atoms with Crippen LogP contribution in [0.15, 0.2) is 0 Å². The number of hydrogen-bond donors (Lipinski definition) is 1. The SMILES string of the molecule is C[Se]S(N)(=O)=O. The molecule has 5 heteroatoms. The van der Waals surface area contributed by atoms with Gasteiger partial charge in [-0.3, -0.25) is 0 Å². The van der Waals surface area contributed by atoms with Gasteiger partial charge in [-0.1, -0.05) is 0 Å². The predicted octanol–water partition coefficient (Wildman–Crippen LogP) is -1.06. The predicted molar refractivity (Wildman–Crippen MR) is 24.7 cm³/mol. The van der Waals surface area contributed by atoms with Crippen molar-refractivity contribution in [2.24, 2.45) is 5.14 Å². The van der Waals surface area contributed by atoms with Crippen molar-refractivity contribution >= 4 is 22.3 Å². The molecule has 0 rings (SSSR count). The van der Waals surface area contributed by atoms with Gasteiger partial charge in [0.2, 0.25) is 0 Å². The van der Waals surface area contributed by atoms with Crippen molar-refractivity contribution in [3.8, 4) is 0 Å². The second kappa shape index (κ2) is 1.93. The van der Waals surface area contributed by atoms with Crippen LogP contribution in [0, 0.1) is 0 Å². The van der Waals surface area contributed by atoms with E-state index in [0.717, 1.165) is 0 Å². The first kappa shape index (κ1) is 6.43. The molecule has 0 saturated heterocycles. The minimum absolute atomic E-state index is 0.438. The van der Waals surface area contributed by atoms with E-state index in [1.165, 1.54) is 0 Å². The number of rotatable bonds is 1. The van der Waals surface area contributed by atoms with Gasteiger partial charge in [0.15, 0.2) is 0 Å². The first-order valence-electron chi connectivity index (χ1n) is 1.14. The fourth-order valence-electron chi connectivity index (χ4n) is 0. The molecule has 0 aromatic carbocycles. The fraction of sp³-hybridized carbons (Fsp3) is 1.00. The molecule has 0 radical (unpaired) electrons. The summed E-state index contributed by atoms with van der Waals surface area (Å²) in [5.74, 6) is 1.56. The molecule has 2 N–H and O–H groups in total. The van der Waals surface area contributed by atoms with E-state index in [0.29, 0.717) is 0 Å². The molecule has 3 nitrogen and oxygen atoms in total. The van der Waals surface area contributed by atoms with E-state index in [2.05, 4.69) is 5.14 Å². The van der Waals surface area contributed by atoms with Crippen molar-refractivity contribution in [2.75, 3.05) is 0 Å².